The molecule has 3 heterocycles. The molecule has 286 valence electrons. The molecule has 0 aliphatic carbocycles. The zero-order valence-electron chi connectivity index (χ0n) is 30.7. The number of nitrogens with zero attached hydrogens (tertiary/aromatic N) is 4. The highest BCUT2D eigenvalue weighted by Gasteiger charge is 2.38. The van der Waals surface area contributed by atoms with E-state index in [1.807, 2.05) is 20.8 Å². The summed E-state index contributed by atoms with van der Waals surface area (Å²) in [5.41, 5.74) is 0.346. The van der Waals surface area contributed by atoms with Crippen molar-refractivity contribution >= 4 is 48.1 Å². The zero-order chi connectivity index (χ0) is 37.9. The molecular weight excluding hydrogens is 695 g/mol. The van der Waals surface area contributed by atoms with Gasteiger partial charge in [0.2, 0.25) is 11.7 Å². The van der Waals surface area contributed by atoms with E-state index in [-0.39, 0.29) is 38.8 Å². The average molecular weight is 747 g/mol. The molecule has 2 fully saturated rings. The summed E-state index contributed by atoms with van der Waals surface area (Å²) in [7, 11) is -3.61. The van der Waals surface area contributed by atoms with Crippen LogP contribution in [0.25, 0.3) is 10.9 Å². The SMILES string of the molecule is CCOP(=O)(CNC(=O)C(=O)[C@@H]1CCCN1C(=O)CNC(=O)c1ccnc2ccc(OCCCN3CCN(C(=O)OC(C)(C)C)CC3)cc12)OCC. The molecule has 1 aromatic heterocycles. The van der Waals surface area contributed by atoms with Crippen LogP contribution in [0.3, 0.4) is 0 Å². The molecule has 1 aromatic carbocycles. The van der Waals surface area contributed by atoms with Crippen LogP contribution < -0.4 is 15.4 Å². The molecule has 2 N–H and O–H groups in total. The Hall–Kier alpha value is -4.11. The van der Waals surface area contributed by atoms with Crippen LogP contribution in [0.4, 0.5) is 4.79 Å². The number of amides is 4. The molecule has 0 radical (unpaired) electrons. The average Bonchev–Trinajstić information content (AvgIpc) is 3.61. The summed E-state index contributed by atoms with van der Waals surface area (Å²) in [6, 6.07) is 5.83. The molecule has 1 atom stereocenters. The van der Waals surface area contributed by atoms with Gasteiger partial charge in [0.15, 0.2) is 0 Å². The smallest absolute Gasteiger partial charge is 0.410 e. The van der Waals surface area contributed by atoms with Gasteiger partial charge in [-0.25, -0.2) is 4.79 Å². The Bertz CT molecular complexity index is 1630. The molecule has 4 amide bonds. The normalized spacial score (nSPS) is 16.8. The number of carbonyl (C=O) groups is 5. The lowest BCUT2D eigenvalue weighted by Crippen LogP contribution is -2.50. The summed E-state index contributed by atoms with van der Waals surface area (Å²) < 4.78 is 34.4. The molecule has 4 rings (SSSR count). The number of hydrogen-bond donors (Lipinski definition) is 2. The minimum atomic E-state index is -3.61. The fourth-order valence-corrected chi connectivity index (χ4v) is 7.37. The lowest BCUT2D eigenvalue weighted by Gasteiger charge is -2.35. The molecular formula is C35H51N6O10P. The minimum absolute atomic E-state index is 0.0992. The maximum atomic E-state index is 13.3. The van der Waals surface area contributed by atoms with Crippen LogP contribution in [0.15, 0.2) is 30.5 Å². The number of likely N-dealkylation sites (tertiary alicyclic amines) is 1. The summed E-state index contributed by atoms with van der Waals surface area (Å²) in [5, 5.41) is 5.51. The Balaban J connectivity index is 1.26. The minimum Gasteiger partial charge on any atom is -0.494 e. The summed E-state index contributed by atoms with van der Waals surface area (Å²) in [6.07, 6.45) is 2.29. The third kappa shape index (κ3) is 11.4. The predicted octanol–water partition coefficient (Wildman–Crippen LogP) is 3.19. The number of pyridine rings is 1. The highest BCUT2D eigenvalue weighted by molar-refractivity contribution is 7.53. The first-order valence-corrected chi connectivity index (χ1v) is 19.5. The van der Waals surface area contributed by atoms with Crippen molar-refractivity contribution in [2.75, 3.05) is 71.9 Å². The van der Waals surface area contributed by atoms with Crippen molar-refractivity contribution in [1.29, 1.82) is 0 Å². The summed E-state index contributed by atoms with van der Waals surface area (Å²) in [5.74, 6) is -2.29. The molecule has 2 aliphatic heterocycles. The first-order chi connectivity index (χ1) is 24.7. The third-order valence-corrected chi connectivity index (χ3v) is 10.3. The molecule has 2 aromatic rings. The van der Waals surface area contributed by atoms with E-state index in [4.69, 9.17) is 18.5 Å². The number of rotatable bonds is 16. The van der Waals surface area contributed by atoms with Crippen molar-refractivity contribution in [3.05, 3.63) is 36.0 Å². The second-order valence-corrected chi connectivity index (χ2v) is 15.5. The van der Waals surface area contributed by atoms with E-state index in [1.54, 1.807) is 43.0 Å². The molecule has 0 unspecified atom stereocenters. The van der Waals surface area contributed by atoms with Crippen LogP contribution in [0.5, 0.6) is 5.75 Å². The van der Waals surface area contributed by atoms with E-state index < -0.39 is 49.0 Å². The molecule has 0 bridgehead atoms. The Morgan fingerprint density at radius 3 is 2.35 bits per heavy atom. The molecule has 52 heavy (non-hydrogen) atoms. The Kier molecular flexibility index (Phi) is 14.5. The van der Waals surface area contributed by atoms with Crippen LogP contribution >= 0.6 is 7.60 Å². The second-order valence-electron chi connectivity index (χ2n) is 13.5. The van der Waals surface area contributed by atoms with Gasteiger partial charge in [-0.3, -0.25) is 33.6 Å². The van der Waals surface area contributed by atoms with E-state index in [9.17, 15) is 28.5 Å². The molecule has 17 heteroatoms. The number of ketones is 1. The molecule has 16 nitrogen and oxygen atoms in total. The van der Waals surface area contributed by atoms with Crippen molar-refractivity contribution in [2.45, 2.75) is 65.5 Å². The van der Waals surface area contributed by atoms with Gasteiger partial charge in [0, 0.05) is 50.9 Å². The zero-order valence-corrected chi connectivity index (χ0v) is 31.6. The van der Waals surface area contributed by atoms with Crippen LogP contribution in [-0.2, 0) is 32.7 Å². The van der Waals surface area contributed by atoms with Gasteiger partial charge < -0.3 is 39.0 Å². The fraction of sp³-hybridized carbons (Fsp3) is 0.600. The van der Waals surface area contributed by atoms with Crippen molar-refractivity contribution in [3.8, 4) is 5.75 Å². The van der Waals surface area contributed by atoms with Crippen LogP contribution in [0.2, 0.25) is 0 Å². The number of Topliss-reactive ketones (excluding diaryl/α,β-unsaturated/α-hetero) is 1. The standard InChI is InChI=1S/C35H51N6O10P/c1-6-49-52(47,50-7-2)24-38-33(45)31(43)29-10-8-16-41(29)30(42)23-37-32(44)26-13-14-36-28-12-11-25(22-27(26)28)48-21-9-15-39-17-19-40(20-18-39)34(46)51-35(3,4)5/h11-14,22,29H,6-10,15-21,23-24H2,1-5H3,(H,37,44)(H,38,45)/t29-/m0/s1. The van der Waals surface area contributed by atoms with Crippen molar-refractivity contribution in [1.82, 2.24) is 30.3 Å². The summed E-state index contributed by atoms with van der Waals surface area (Å²) >= 11 is 0. The lowest BCUT2D eigenvalue weighted by atomic mass is 10.1. The predicted molar refractivity (Wildman–Crippen MR) is 192 cm³/mol. The molecule has 2 saturated heterocycles. The van der Waals surface area contributed by atoms with Crippen molar-refractivity contribution < 1.29 is 47.1 Å². The first-order valence-electron chi connectivity index (χ1n) is 17.7. The third-order valence-electron chi connectivity index (χ3n) is 8.45. The largest absolute Gasteiger partial charge is 0.494 e. The number of aromatic nitrogens is 1. The van der Waals surface area contributed by atoms with Gasteiger partial charge in [-0.1, -0.05) is 0 Å². The lowest BCUT2D eigenvalue weighted by molar-refractivity contribution is -0.143. The van der Waals surface area contributed by atoms with Gasteiger partial charge in [0.25, 0.3) is 11.8 Å². The van der Waals surface area contributed by atoms with Gasteiger partial charge in [-0.05, 0) is 78.1 Å². The molecule has 2 aliphatic rings. The van der Waals surface area contributed by atoms with E-state index in [2.05, 4.69) is 20.5 Å². The Morgan fingerprint density at radius 2 is 1.67 bits per heavy atom. The molecule has 0 saturated carbocycles. The van der Waals surface area contributed by atoms with E-state index in [0.29, 0.717) is 48.3 Å². The van der Waals surface area contributed by atoms with Crippen molar-refractivity contribution in [3.63, 3.8) is 0 Å². The number of nitrogens with one attached hydrogen (secondary N) is 2. The highest BCUT2D eigenvalue weighted by atomic mass is 31.2. The quantitative estimate of drug-likeness (QED) is 0.145. The molecule has 0 spiro atoms. The van der Waals surface area contributed by atoms with Crippen LogP contribution in [-0.4, -0.2) is 133 Å². The monoisotopic (exact) mass is 746 g/mol. The number of benzene rings is 1. The number of carbonyl (C=O) groups excluding carboxylic acids is 5. The van der Waals surface area contributed by atoms with Gasteiger partial charge >= 0.3 is 13.7 Å². The van der Waals surface area contributed by atoms with Gasteiger partial charge in [-0.15, -0.1) is 0 Å². The number of piperazine rings is 1. The van der Waals surface area contributed by atoms with Crippen LogP contribution in [0.1, 0.15) is 64.2 Å². The van der Waals surface area contributed by atoms with E-state index in [1.165, 1.54) is 11.1 Å². The summed E-state index contributed by atoms with van der Waals surface area (Å²) in [4.78, 5) is 74.0. The number of hydrogen-bond acceptors (Lipinski definition) is 12. The first kappa shape index (κ1) is 40.7. The topological polar surface area (TPSA) is 186 Å². The maximum absolute atomic E-state index is 13.3. The van der Waals surface area contributed by atoms with Crippen LogP contribution in [0, 0.1) is 0 Å². The Morgan fingerprint density at radius 1 is 0.962 bits per heavy atom. The summed E-state index contributed by atoms with van der Waals surface area (Å²) in [6.45, 7) is 12.8. The number of fused-ring (bicyclic) bond motifs is 1. The van der Waals surface area contributed by atoms with Gasteiger partial charge in [0.05, 0.1) is 37.4 Å². The number of ether oxygens (including phenoxy) is 2. The second kappa shape index (κ2) is 18.6. The van der Waals surface area contributed by atoms with E-state index >= 15 is 0 Å². The van der Waals surface area contributed by atoms with E-state index in [0.717, 1.165) is 26.1 Å². The van der Waals surface area contributed by atoms with Gasteiger partial charge in [-0.2, -0.15) is 0 Å². The van der Waals surface area contributed by atoms with Crippen molar-refractivity contribution in [2.24, 2.45) is 0 Å². The maximum Gasteiger partial charge on any atom is 0.410 e. The highest BCUT2D eigenvalue weighted by Crippen LogP contribution is 2.46. The Labute approximate surface area is 304 Å². The van der Waals surface area contributed by atoms with Gasteiger partial charge in [0.1, 0.15) is 23.7 Å². The fourth-order valence-electron chi connectivity index (χ4n) is 5.99.